The number of nitrogens with zero attached hydrogens (tertiary/aromatic N) is 4. The summed E-state index contributed by atoms with van der Waals surface area (Å²) in [5.74, 6) is -0.987. The first kappa shape index (κ1) is 39.6. The van der Waals surface area contributed by atoms with E-state index in [-0.39, 0.29) is 56.6 Å². The third-order valence-corrected chi connectivity index (χ3v) is 6.43. The van der Waals surface area contributed by atoms with Crippen molar-refractivity contribution in [3.05, 3.63) is 69.8 Å². The van der Waals surface area contributed by atoms with Crippen LogP contribution in [0.15, 0.2) is 48.5 Å². The van der Waals surface area contributed by atoms with Gasteiger partial charge in [0.05, 0.1) is 10.5 Å². The van der Waals surface area contributed by atoms with Crippen LogP contribution in [0.1, 0.15) is 33.6 Å². The van der Waals surface area contributed by atoms with E-state index >= 15 is 0 Å². The molecule has 2 fully saturated rings. The number of carbonyl (C=O) groups excluding carboxylic acids is 1. The van der Waals surface area contributed by atoms with Gasteiger partial charge in [-0.15, -0.1) is 12.4 Å². The van der Waals surface area contributed by atoms with Crippen molar-refractivity contribution in [3.8, 4) is 0 Å². The SMILES string of the molecule is CN(C)[C@H]1CCN(C(=O)c2ccc(N)cc2)C1.CN(C)[C@H]1CCNC1.Cl.O=C(O)c1ccc([N+](=O)[O-])cc1.S.S. The minimum Gasteiger partial charge on any atom is -0.478 e. The number of non-ortho nitro benzene ring substituents is 1. The molecule has 2 aliphatic heterocycles. The number of hydrogen-bond donors (Lipinski definition) is 3. The van der Waals surface area contributed by atoms with E-state index in [9.17, 15) is 19.7 Å². The van der Waals surface area contributed by atoms with Crippen LogP contribution < -0.4 is 11.1 Å². The van der Waals surface area contributed by atoms with E-state index in [0.717, 1.165) is 43.2 Å². The second kappa shape index (κ2) is 19.5. The highest BCUT2D eigenvalue weighted by Crippen LogP contribution is 2.17. The molecule has 40 heavy (non-hydrogen) atoms. The highest BCUT2D eigenvalue weighted by Gasteiger charge is 2.27. The van der Waals surface area contributed by atoms with Crippen molar-refractivity contribution in [2.45, 2.75) is 24.9 Å². The molecule has 0 radical (unpaired) electrons. The number of nitrogen functional groups attached to an aromatic ring is 1. The van der Waals surface area contributed by atoms with Crippen molar-refractivity contribution in [2.24, 2.45) is 0 Å². The number of rotatable bonds is 5. The van der Waals surface area contributed by atoms with E-state index in [1.54, 1.807) is 24.3 Å². The van der Waals surface area contributed by atoms with E-state index in [0.29, 0.717) is 11.7 Å². The fourth-order valence-corrected chi connectivity index (χ4v) is 3.96. The maximum absolute atomic E-state index is 12.2. The predicted molar refractivity (Wildman–Crippen MR) is 172 cm³/mol. The van der Waals surface area contributed by atoms with Gasteiger partial charge in [0.25, 0.3) is 11.6 Å². The Morgan fingerprint density at radius 2 is 1.48 bits per heavy atom. The minimum absolute atomic E-state index is 0. The van der Waals surface area contributed by atoms with Crippen LogP contribution in [0.3, 0.4) is 0 Å². The van der Waals surface area contributed by atoms with E-state index in [4.69, 9.17) is 10.8 Å². The van der Waals surface area contributed by atoms with Gasteiger partial charge in [-0.1, -0.05) is 0 Å². The first-order chi connectivity index (χ1) is 17.5. The number of likely N-dealkylation sites (N-methyl/N-ethyl adjacent to an activating group) is 2. The van der Waals surface area contributed by atoms with Crippen molar-refractivity contribution in [1.82, 2.24) is 20.0 Å². The summed E-state index contributed by atoms with van der Waals surface area (Å²) < 4.78 is 0. The molecule has 1 amide bonds. The average Bonchev–Trinajstić information content (AvgIpc) is 3.58. The van der Waals surface area contributed by atoms with Crippen LogP contribution >= 0.6 is 39.4 Å². The summed E-state index contributed by atoms with van der Waals surface area (Å²) in [6, 6.07) is 13.1. The predicted octanol–water partition coefficient (Wildman–Crippen LogP) is 2.90. The normalized spacial score (nSPS) is 17.2. The number of hydrogen-bond acceptors (Lipinski definition) is 8. The lowest BCUT2D eigenvalue weighted by molar-refractivity contribution is -0.384. The number of benzene rings is 2. The van der Waals surface area contributed by atoms with Crippen LogP contribution in [0.25, 0.3) is 0 Å². The Morgan fingerprint density at radius 1 is 0.950 bits per heavy atom. The number of nitrogens with one attached hydrogen (secondary N) is 1. The number of likely N-dealkylation sites (tertiary alicyclic amines) is 1. The zero-order valence-corrected chi connectivity index (χ0v) is 26.2. The monoisotopic (exact) mass is 618 g/mol. The molecule has 4 rings (SSSR count). The zero-order chi connectivity index (χ0) is 27.5. The van der Waals surface area contributed by atoms with Gasteiger partial charge in [-0.3, -0.25) is 14.9 Å². The standard InChI is InChI=1S/C13H19N3O.C7H5NO4.C6H14N2.ClH.2H2S/c1-15(2)12-7-8-16(9-12)13(17)10-3-5-11(14)6-4-10;9-7(10)5-1-3-6(4-2-5)8(11)12;1-8(2)6-3-4-7-5-6;;;/h3-6,12H,7-9,14H2,1-2H3;1-4H,(H,9,10);6-7H,3-5H2,1-2H3;1H;2*1H2/t12-;;6-;;;/m0.0.../s1. The van der Waals surface area contributed by atoms with Gasteiger partial charge in [-0.05, 0) is 84.0 Å². The Hall–Kier alpha value is -2.55. The highest BCUT2D eigenvalue weighted by molar-refractivity contribution is 7.59. The summed E-state index contributed by atoms with van der Waals surface area (Å²) >= 11 is 0. The van der Waals surface area contributed by atoms with Crippen LogP contribution in [0.2, 0.25) is 0 Å². The number of aromatic carboxylic acids is 1. The van der Waals surface area contributed by atoms with Gasteiger partial charge in [-0.25, -0.2) is 4.79 Å². The number of nitro benzene ring substituents is 1. The lowest BCUT2D eigenvalue weighted by Gasteiger charge is -2.20. The fourth-order valence-electron chi connectivity index (χ4n) is 3.96. The molecule has 0 bridgehead atoms. The van der Waals surface area contributed by atoms with Gasteiger partial charge in [0.1, 0.15) is 0 Å². The first-order valence-electron chi connectivity index (χ1n) is 12.2. The smallest absolute Gasteiger partial charge is 0.335 e. The lowest BCUT2D eigenvalue weighted by atomic mass is 10.2. The highest BCUT2D eigenvalue weighted by atomic mass is 35.5. The van der Waals surface area contributed by atoms with Gasteiger partial charge < -0.3 is 30.9 Å². The quantitative estimate of drug-likeness (QED) is 0.262. The number of carbonyl (C=O) groups is 2. The van der Waals surface area contributed by atoms with Gasteiger partial charge in [-0.2, -0.15) is 27.0 Å². The Balaban J connectivity index is 0. The Labute approximate surface area is 256 Å². The molecule has 2 atom stereocenters. The summed E-state index contributed by atoms with van der Waals surface area (Å²) in [4.78, 5) is 38.4. The molecule has 14 heteroatoms. The summed E-state index contributed by atoms with van der Waals surface area (Å²) in [6.45, 7) is 4.03. The van der Waals surface area contributed by atoms with Crippen molar-refractivity contribution >= 4 is 62.6 Å². The third-order valence-electron chi connectivity index (χ3n) is 6.43. The number of nitrogens with two attached hydrogens (primary N) is 1. The molecule has 0 spiro atoms. The van der Waals surface area contributed by atoms with Crippen LogP contribution in [0, 0.1) is 10.1 Å². The van der Waals surface area contributed by atoms with Gasteiger partial charge in [0.15, 0.2) is 0 Å². The minimum atomic E-state index is -1.09. The Bertz CT molecular complexity index is 1010. The largest absolute Gasteiger partial charge is 0.478 e. The van der Waals surface area contributed by atoms with Gasteiger partial charge in [0, 0.05) is 55.1 Å². The zero-order valence-electron chi connectivity index (χ0n) is 23.4. The van der Waals surface area contributed by atoms with Crippen molar-refractivity contribution in [2.75, 3.05) is 60.1 Å². The molecular formula is C26H43ClN6O5S2. The Morgan fingerprint density at radius 3 is 1.85 bits per heavy atom. The average molecular weight is 619 g/mol. The molecule has 226 valence electrons. The summed E-state index contributed by atoms with van der Waals surface area (Å²) in [5, 5.41) is 21.9. The van der Waals surface area contributed by atoms with Crippen LogP contribution in [-0.4, -0.2) is 103 Å². The molecular weight excluding hydrogens is 576 g/mol. The molecule has 0 saturated carbocycles. The number of carboxylic acids is 1. The Kier molecular flexibility index (Phi) is 19.3. The topological polar surface area (TPSA) is 145 Å². The fraction of sp³-hybridized carbons (Fsp3) is 0.462. The van der Waals surface area contributed by atoms with Crippen molar-refractivity contribution in [1.29, 1.82) is 0 Å². The van der Waals surface area contributed by atoms with Gasteiger partial charge in [0.2, 0.25) is 0 Å². The second-order valence-electron chi connectivity index (χ2n) is 9.50. The molecule has 4 N–H and O–H groups in total. The van der Waals surface area contributed by atoms with Crippen molar-refractivity contribution < 1.29 is 19.6 Å². The number of amides is 1. The van der Waals surface area contributed by atoms with E-state index < -0.39 is 10.9 Å². The van der Waals surface area contributed by atoms with E-state index in [1.807, 2.05) is 4.90 Å². The van der Waals surface area contributed by atoms with E-state index in [2.05, 4.69) is 43.3 Å². The summed E-state index contributed by atoms with van der Waals surface area (Å²) in [5.41, 5.74) is 6.95. The maximum atomic E-state index is 12.2. The molecule has 2 saturated heterocycles. The molecule has 2 heterocycles. The lowest BCUT2D eigenvalue weighted by Crippen LogP contribution is -2.34. The molecule has 0 aliphatic carbocycles. The molecule has 2 aliphatic rings. The number of carboxylic acid groups (broad SMARTS) is 1. The first-order valence-corrected chi connectivity index (χ1v) is 12.2. The number of anilines is 1. The maximum Gasteiger partial charge on any atom is 0.335 e. The van der Waals surface area contributed by atoms with Gasteiger partial charge >= 0.3 is 5.97 Å². The van der Waals surface area contributed by atoms with Crippen LogP contribution in [-0.2, 0) is 0 Å². The summed E-state index contributed by atoms with van der Waals surface area (Å²) in [7, 11) is 8.39. The number of halogens is 1. The molecule has 0 unspecified atom stereocenters. The summed E-state index contributed by atoms with van der Waals surface area (Å²) in [6.07, 6.45) is 2.36. The van der Waals surface area contributed by atoms with E-state index in [1.165, 1.54) is 31.6 Å². The number of nitro groups is 1. The molecule has 0 aromatic heterocycles. The second-order valence-corrected chi connectivity index (χ2v) is 9.50. The van der Waals surface area contributed by atoms with Crippen LogP contribution in [0.4, 0.5) is 11.4 Å². The molecule has 2 aromatic carbocycles. The molecule has 2 aromatic rings. The third kappa shape index (κ3) is 12.7. The van der Waals surface area contributed by atoms with Crippen molar-refractivity contribution in [3.63, 3.8) is 0 Å². The van der Waals surface area contributed by atoms with Crippen LogP contribution in [0.5, 0.6) is 0 Å². The molecule has 11 nitrogen and oxygen atoms in total.